The first kappa shape index (κ1) is 18.7. The van der Waals surface area contributed by atoms with Gasteiger partial charge >= 0.3 is 0 Å². The molecule has 4 rings (SSSR count). The summed E-state index contributed by atoms with van der Waals surface area (Å²) in [6, 6.07) is 13.9. The van der Waals surface area contributed by atoms with Gasteiger partial charge in [0.25, 0.3) is 17.4 Å². The van der Waals surface area contributed by atoms with Crippen molar-refractivity contribution in [1.29, 1.82) is 0 Å². The minimum atomic E-state index is -0.350. The molecule has 2 amide bonds. The van der Waals surface area contributed by atoms with Gasteiger partial charge in [-0.05, 0) is 24.3 Å². The molecule has 0 aliphatic carbocycles. The normalized spacial score (nSPS) is 14.1. The smallest absolute Gasteiger partial charge is 0.289 e. The van der Waals surface area contributed by atoms with Crippen LogP contribution in [-0.4, -0.2) is 64.9 Å². The number of para-hydroxylation sites is 2. The minimum Gasteiger partial charge on any atom is -0.496 e. The maximum atomic E-state index is 12.8. The number of fused-ring (bicyclic) bond motifs is 1. The van der Waals surface area contributed by atoms with Gasteiger partial charge in [-0.1, -0.05) is 24.3 Å². The Bertz CT molecular complexity index is 1130. The SMILES string of the molecule is COc1ccccc1C(=O)N1CCN(C(=O)c2nc3ccccc3c(=O)[nH]2)CC1. The summed E-state index contributed by atoms with van der Waals surface area (Å²) in [4.78, 5) is 48.0. The van der Waals surface area contributed by atoms with Crippen molar-refractivity contribution in [2.45, 2.75) is 0 Å². The molecule has 1 N–H and O–H groups in total. The van der Waals surface area contributed by atoms with Gasteiger partial charge in [0.15, 0.2) is 5.82 Å². The Morgan fingerprint density at radius 3 is 2.28 bits per heavy atom. The summed E-state index contributed by atoms with van der Waals surface area (Å²) in [5.74, 6) is 0.0520. The van der Waals surface area contributed by atoms with Crippen LogP contribution >= 0.6 is 0 Å². The molecule has 148 valence electrons. The summed E-state index contributed by atoms with van der Waals surface area (Å²) < 4.78 is 5.27. The van der Waals surface area contributed by atoms with Gasteiger partial charge in [-0.25, -0.2) is 4.98 Å². The van der Waals surface area contributed by atoms with E-state index < -0.39 is 0 Å². The molecular formula is C21H20N4O4. The number of nitrogens with zero attached hydrogens (tertiary/aromatic N) is 3. The zero-order valence-corrected chi connectivity index (χ0v) is 15.9. The Morgan fingerprint density at radius 2 is 1.55 bits per heavy atom. The lowest BCUT2D eigenvalue weighted by Crippen LogP contribution is -2.51. The van der Waals surface area contributed by atoms with E-state index in [0.29, 0.717) is 48.4 Å². The van der Waals surface area contributed by atoms with Crippen LogP contribution in [0.2, 0.25) is 0 Å². The molecule has 1 saturated heterocycles. The summed E-state index contributed by atoms with van der Waals surface area (Å²) in [5, 5.41) is 0.441. The number of amides is 2. The lowest BCUT2D eigenvalue weighted by Gasteiger charge is -2.34. The third-order valence-corrected chi connectivity index (χ3v) is 5.01. The molecule has 8 heteroatoms. The summed E-state index contributed by atoms with van der Waals surface area (Å²) in [5.41, 5.74) is 0.629. The molecule has 1 aliphatic heterocycles. The van der Waals surface area contributed by atoms with Crippen molar-refractivity contribution >= 4 is 22.7 Å². The molecule has 3 aromatic rings. The lowest BCUT2D eigenvalue weighted by atomic mass is 10.1. The van der Waals surface area contributed by atoms with Crippen LogP contribution < -0.4 is 10.3 Å². The molecule has 0 atom stereocenters. The summed E-state index contributed by atoms with van der Waals surface area (Å²) in [6.07, 6.45) is 0. The van der Waals surface area contributed by atoms with Crippen LogP contribution in [0.3, 0.4) is 0 Å². The highest BCUT2D eigenvalue weighted by molar-refractivity contribution is 5.97. The maximum Gasteiger partial charge on any atom is 0.289 e. The van der Waals surface area contributed by atoms with E-state index in [9.17, 15) is 14.4 Å². The van der Waals surface area contributed by atoms with Crippen LogP contribution in [0.5, 0.6) is 5.75 Å². The number of hydrogen-bond acceptors (Lipinski definition) is 5. The van der Waals surface area contributed by atoms with E-state index in [-0.39, 0.29) is 23.2 Å². The summed E-state index contributed by atoms with van der Waals surface area (Å²) in [6.45, 7) is 1.49. The molecule has 8 nitrogen and oxygen atoms in total. The van der Waals surface area contributed by atoms with Crippen molar-refractivity contribution in [1.82, 2.24) is 19.8 Å². The number of hydrogen-bond donors (Lipinski definition) is 1. The van der Waals surface area contributed by atoms with Crippen molar-refractivity contribution in [3.63, 3.8) is 0 Å². The number of aromatic amines is 1. The first-order valence-electron chi connectivity index (χ1n) is 9.29. The number of carbonyl (C=O) groups excluding carboxylic acids is 2. The molecule has 2 aromatic carbocycles. The summed E-state index contributed by atoms with van der Waals surface area (Å²) in [7, 11) is 1.53. The zero-order valence-electron chi connectivity index (χ0n) is 15.9. The second-order valence-corrected chi connectivity index (χ2v) is 6.72. The second kappa shape index (κ2) is 7.75. The second-order valence-electron chi connectivity index (χ2n) is 6.72. The standard InChI is InChI=1S/C21H20N4O4/c1-29-17-9-5-3-7-15(17)20(27)24-10-12-25(13-11-24)21(28)18-22-16-8-4-2-6-14(16)19(26)23-18/h2-9H,10-13H2,1H3,(H,22,23,26). The van der Waals surface area contributed by atoms with Crippen molar-refractivity contribution in [3.05, 3.63) is 70.3 Å². The molecule has 0 unspecified atom stereocenters. The predicted octanol–water partition coefficient (Wildman–Crippen LogP) is 1.53. The molecule has 0 saturated carbocycles. The monoisotopic (exact) mass is 392 g/mol. The fourth-order valence-corrected chi connectivity index (χ4v) is 3.44. The van der Waals surface area contributed by atoms with Crippen LogP contribution in [0.25, 0.3) is 10.9 Å². The molecule has 29 heavy (non-hydrogen) atoms. The Labute approximate surface area is 166 Å². The molecule has 1 aromatic heterocycles. The van der Waals surface area contributed by atoms with Gasteiger partial charge in [0.05, 0.1) is 23.6 Å². The van der Waals surface area contributed by atoms with E-state index in [1.54, 1.807) is 52.3 Å². The number of piperazine rings is 1. The quantitative estimate of drug-likeness (QED) is 0.729. The molecule has 0 spiro atoms. The van der Waals surface area contributed by atoms with Crippen molar-refractivity contribution in [2.24, 2.45) is 0 Å². The fraction of sp³-hybridized carbons (Fsp3) is 0.238. The zero-order chi connectivity index (χ0) is 20.4. The largest absolute Gasteiger partial charge is 0.496 e. The van der Waals surface area contributed by atoms with Crippen LogP contribution in [-0.2, 0) is 0 Å². The van der Waals surface area contributed by atoms with E-state index in [2.05, 4.69) is 9.97 Å². The molecule has 2 heterocycles. The van der Waals surface area contributed by atoms with Gasteiger partial charge in [0, 0.05) is 26.2 Å². The Morgan fingerprint density at radius 1 is 0.931 bits per heavy atom. The lowest BCUT2D eigenvalue weighted by molar-refractivity contribution is 0.0527. The first-order chi connectivity index (χ1) is 14.1. The Kier molecular flexibility index (Phi) is 4.99. The van der Waals surface area contributed by atoms with Crippen LogP contribution in [0.4, 0.5) is 0 Å². The van der Waals surface area contributed by atoms with E-state index in [1.165, 1.54) is 7.11 Å². The van der Waals surface area contributed by atoms with E-state index >= 15 is 0 Å². The number of methoxy groups -OCH3 is 1. The maximum absolute atomic E-state index is 12.8. The highest BCUT2D eigenvalue weighted by Crippen LogP contribution is 2.20. The molecule has 1 fully saturated rings. The third kappa shape index (κ3) is 3.56. The van der Waals surface area contributed by atoms with Gasteiger partial charge in [0.2, 0.25) is 0 Å². The Hall–Kier alpha value is -3.68. The highest BCUT2D eigenvalue weighted by Gasteiger charge is 2.28. The first-order valence-corrected chi connectivity index (χ1v) is 9.29. The van der Waals surface area contributed by atoms with E-state index in [0.717, 1.165) is 0 Å². The van der Waals surface area contributed by atoms with Crippen LogP contribution in [0.15, 0.2) is 53.3 Å². The van der Waals surface area contributed by atoms with Crippen LogP contribution in [0, 0.1) is 0 Å². The van der Waals surface area contributed by atoms with Crippen molar-refractivity contribution < 1.29 is 14.3 Å². The molecule has 1 aliphatic rings. The van der Waals surface area contributed by atoms with Gasteiger partial charge in [-0.2, -0.15) is 0 Å². The number of nitrogens with one attached hydrogen (secondary N) is 1. The van der Waals surface area contributed by atoms with Gasteiger partial charge in [0.1, 0.15) is 5.75 Å². The third-order valence-electron chi connectivity index (χ3n) is 5.01. The number of aromatic nitrogens is 2. The van der Waals surface area contributed by atoms with Gasteiger partial charge < -0.3 is 19.5 Å². The fourth-order valence-electron chi connectivity index (χ4n) is 3.44. The van der Waals surface area contributed by atoms with Crippen LogP contribution in [0.1, 0.15) is 21.0 Å². The molecule has 0 bridgehead atoms. The van der Waals surface area contributed by atoms with Gasteiger partial charge in [-0.15, -0.1) is 0 Å². The van der Waals surface area contributed by atoms with Gasteiger partial charge in [-0.3, -0.25) is 14.4 Å². The number of H-pyrrole nitrogens is 1. The molecule has 0 radical (unpaired) electrons. The number of ether oxygens (including phenoxy) is 1. The molecular weight excluding hydrogens is 372 g/mol. The predicted molar refractivity (Wildman–Crippen MR) is 107 cm³/mol. The summed E-state index contributed by atoms with van der Waals surface area (Å²) >= 11 is 0. The minimum absolute atomic E-state index is 0.0122. The van der Waals surface area contributed by atoms with Crippen molar-refractivity contribution in [2.75, 3.05) is 33.3 Å². The average molecular weight is 392 g/mol. The average Bonchev–Trinajstić information content (AvgIpc) is 2.78. The number of benzene rings is 2. The van der Waals surface area contributed by atoms with E-state index in [1.807, 2.05) is 6.07 Å². The van der Waals surface area contributed by atoms with Crippen molar-refractivity contribution in [3.8, 4) is 5.75 Å². The number of carbonyl (C=O) groups is 2. The van der Waals surface area contributed by atoms with E-state index in [4.69, 9.17) is 4.74 Å². The Balaban J connectivity index is 1.48. The number of rotatable bonds is 3. The topological polar surface area (TPSA) is 95.6 Å². The highest BCUT2D eigenvalue weighted by atomic mass is 16.5.